The normalized spacial score (nSPS) is 13.9. The third-order valence-electron chi connectivity index (χ3n) is 3.63. The number of ether oxygens (including phenoxy) is 1. The van der Waals surface area contributed by atoms with Crippen molar-refractivity contribution in [2.45, 2.75) is 6.54 Å². The fraction of sp³-hybridized carbons (Fsp3) is 0.312. The molecule has 6 heteroatoms. The number of carbonyl (C=O) groups is 1. The Labute approximate surface area is 140 Å². The van der Waals surface area contributed by atoms with Crippen LogP contribution in [0.3, 0.4) is 0 Å². The van der Waals surface area contributed by atoms with Crippen LogP contribution in [0.2, 0.25) is 0 Å². The molecule has 3 rings (SSSR count). The Balaban J connectivity index is 0.00000176. The smallest absolute Gasteiger partial charge is 0.225 e. The summed E-state index contributed by atoms with van der Waals surface area (Å²) in [7, 11) is 1.67. The van der Waals surface area contributed by atoms with Crippen molar-refractivity contribution in [2.75, 3.05) is 20.2 Å². The SMILES string of the molecule is COc1ccc(-c2ccc(CNC(=O)C3CNC3)s2)cc1.Cl. The molecule has 2 N–H and O–H groups in total. The van der Waals surface area contributed by atoms with Crippen molar-refractivity contribution in [2.24, 2.45) is 5.92 Å². The van der Waals surface area contributed by atoms with Gasteiger partial charge in [0, 0.05) is 22.8 Å². The molecule has 1 aromatic heterocycles. The zero-order valence-electron chi connectivity index (χ0n) is 12.3. The van der Waals surface area contributed by atoms with Gasteiger partial charge in [0.2, 0.25) is 5.91 Å². The predicted octanol–water partition coefficient (Wildman–Crippen LogP) is 2.68. The van der Waals surface area contributed by atoms with Crippen molar-refractivity contribution >= 4 is 29.7 Å². The highest BCUT2D eigenvalue weighted by atomic mass is 35.5. The molecule has 0 saturated carbocycles. The number of nitrogens with one attached hydrogen (secondary N) is 2. The second-order valence-corrected chi connectivity index (χ2v) is 6.24. The van der Waals surface area contributed by atoms with E-state index in [0.29, 0.717) is 6.54 Å². The van der Waals surface area contributed by atoms with Crippen molar-refractivity contribution in [3.63, 3.8) is 0 Å². The van der Waals surface area contributed by atoms with Crippen molar-refractivity contribution in [3.05, 3.63) is 41.3 Å². The summed E-state index contributed by atoms with van der Waals surface area (Å²) >= 11 is 1.71. The zero-order chi connectivity index (χ0) is 14.7. The Morgan fingerprint density at radius 3 is 2.59 bits per heavy atom. The molecule has 1 aromatic carbocycles. The van der Waals surface area contributed by atoms with Crippen LogP contribution in [0.25, 0.3) is 10.4 Å². The first-order chi connectivity index (χ1) is 10.3. The van der Waals surface area contributed by atoms with E-state index >= 15 is 0 Å². The number of halogens is 1. The van der Waals surface area contributed by atoms with E-state index in [0.717, 1.165) is 18.8 Å². The number of carbonyl (C=O) groups excluding carboxylic acids is 1. The van der Waals surface area contributed by atoms with Gasteiger partial charge in [0.1, 0.15) is 5.75 Å². The molecule has 0 radical (unpaired) electrons. The molecule has 0 bridgehead atoms. The molecule has 0 aliphatic carbocycles. The average Bonchev–Trinajstić information content (AvgIpc) is 2.92. The van der Waals surface area contributed by atoms with Gasteiger partial charge < -0.3 is 15.4 Å². The molecule has 118 valence electrons. The first-order valence-corrected chi connectivity index (χ1v) is 7.79. The largest absolute Gasteiger partial charge is 0.497 e. The summed E-state index contributed by atoms with van der Waals surface area (Å²) in [5.74, 6) is 1.15. The first-order valence-electron chi connectivity index (χ1n) is 6.98. The van der Waals surface area contributed by atoms with E-state index in [1.165, 1.54) is 15.3 Å². The summed E-state index contributed by atoms with van der Waals surface area (Å²) in [5.41, 5.74) is 1.17. The van der Waals surface area contributed by atoms with Crippen molar-refractivity contribution in [1.29, 1.82) is 0 Å². The third-order valence-corrected chi connectivity index (χ3v) is 4.76. The lowest BCUT2D eigenvalue weighted by molar-refractivity contribution is -0.126. The van der Waals surface area contributed by atoms with Gasteiger partial charge in [-0.15, -0.1) is 23.7 Å². The van der Waals surface area contributed by atoms with Crippen LogP contribution >= 0.6 is 23.7 Å². The topological polar surface area (TPSA) is 50.4 Å². The molecule has 1 saturated heterocycles. The molecule has 1 amide bonds. The molecule has 1 aliphatic heterocycles. The maximum atomic E-state index is 11.8. The Hall–Kier alpha value is -1.56. The van der Waals surface area contributed by atoms with E-state index in [4.69, 9.17) is 4.74 Å². The number of benzene rings is 1. The van der Waals surface area contributed by atoms with Gasteiger partial charge >= 0.3 is 0 Å². The van der Waals surface area contributed by atoms with Gasteiger partial charge in [-0.3, -0.25) is 4.79 Å². The third kappa shape index (κ3) is 3.80. The summed E-state index contributed by atoms with van der Waals surface area (Å²) in [6, 6.07) is 12.2. The fourth-order valence-electron chi connectivity index (χ4n) is 2.18. The van der Waals surface area contributed by atoms with Gasteiger partial charge in [-0.1, -0.05) is 0 Å². The molecule has 1 fully saturated rings. The predicted molar refractivity (Wildman–Crippen MR) is 91.8 cm³/mol. The molecule has 2 heterocycles. The highest BCUT2D eigenvalue weighted by Crippen LogP contribution is 2.29. The van der Waals surface area contributed by atoms with Crippen LogP contribution in [0.1, 0.15) is 4.88 Å². The van der Waals surface area contributed by atoms with Crippen molar-refractivity contribution in [3.8, 4) is 16.2 Å². The van der Waals surface area contributed by atoms with E-state index in [2.05, 4.69) is 22.8 Å². The number of thiophene rings is 1. The maximum Gasteiger partial charge on any atom is 0.225 e. The number of hydrogen-bond donors (Lipinski definition) is 2. The zero-order valence-corrected chi connectivity index (χ0v) is 13.9. The summed E-state index contributed by atoms with van der Waals surface area (Å²) < 4.78 is 5.16. The monoisotopic (exact) mass is 338 g/mol. The molecule has 22 heavy (non-hydrogen) atoms. The lowest BCUT2D eigenvalue weighted by Gasteiger charge is -2.25. The van der Waals surface area contributed by atoms with Crippen LogP contribution in [-0.4, -0.2) is 26.1 Å². The number of methoxy groups -OCH3 is 1. The van der Waals surface area contributed by atoms with Gasteiger partial charge in [-0.25, -0.2) is 0 Å². The van der Waals surface area contributed by atoms with Gasteiger partial charge in [0.05, 0.1) is 19.6 Å². The van der Waals surface area contributed by atoms with Gasteiger partial charge in [0.25, 0.3) is 0 Å². The van der Waals surface area contributed by atoms with Gasteiger partial charge in [-0.05, 0) is 42.0 Å². The molecule has 4 nitrogen and oxygen atoms in total. The molecule has 0 spiro atoms. The van der Waals surface area contributed by atoms with Crippen LogP contribution in [0.5, 0.6) is 5.75 Å². The quantitative estimate of drug-likeness (QED) is 0.881. The highest BCUT2D eigenvalue weighted by molar-refractivity contribution is 7.15. The van der Waals surface area contributed by atoms with Gasteiger partial charge in [-0.2, -0.15) is 0 Å². The Bertz CT molecular complexity index is 623. The molecule has 0 atom stereocenters. The minimum Gasteiger partial charge on any atom is -0.497 e. The molecular weight excluding hydrogens is 320 g/mol. The number of amides is 1. The summed E-state index contributed by atoms with van der Waals surface area (Å²) in [6.07, 6.45) is 0. The summed E-state index contributed by atoms with van der Waals surface area (Å²) in [6.45, 7) is 2.21. The lowest BCUT2D eigenvalue weighted by Crippen LogP contribution is -2.50. The fourth-order valence-corrected chi connectivity index (χ4v) is 3.13. The lowest BCUT2D eigenvalue weighted by atomic mass is 10.0. The van der Waals surface area contributed by atoms with Crippen LogP contribution in [-0.2, 0) is 11.3 Å². The highest BCUT2D eigenvalue weighted by Gasteiger charge is 2.24. The maximum absolute atomic E-state index is 11.8. The minimum absolute atomic E-state index is 0. The summed E-state index contributed by atoms with van der Waals surface area (Å²) in [4.78, 5) is 14.2. The van der Waals surface area contributed by atoms with Crippen LogP contribution < -0.4 is 15.4 Å². The number of rotatable bonds is 5. The minimum atomic E-state index is 0. The first kappa shape index (κ1) is 16.8. The van der Waals surface area contributed by atoms with E-state index in [1.807, 2.05) is 24.3 Å². The molecule has 2 aromatic rings. The Morgan fingerprint density at radius 1 is 1.27 bits per heavy atom. The molecule has 1 aliphatic rings. The van der Waals surface area contributed by atoms with E-state index in [-0.39, 0.29) is 24.2 Å². The second kappa shape index (κ2) is 7.63. The molecular formula is C16H19ClN2O2S. The van der Waals surface area contributed by atoms with Crippen LogP contribution in [0.15, 0.2) is 36.4 Å². The van der Waals surface area contributed by atoms with Crippen molar-refractivity contribution < 1.29 is 9.53 Å². The van der Waals surface area contributed by atoms with E-state index in [9.17, 15) is 4.79 Å². The summed E-state index contributed by atoms with van der Waals surface area (Å²) in [5, 5.41) is 6.10. The average molecular weight is 339 g/mol. The molecule has 0 unspecified atom stereocenters. The Morgan fingerprint density at radius 2 is 2.00 bits per heavy atom. The Kier molecular flexibility index (Phi) is 5.83. The van der Waals surface area contributed by atoms with E-state index < -0.39 is 0 Å². The van der Waals surface area contributed by atoms with Crippen LogP contribution in [0, 0.1) is 5.92 Å². The number of hydrogen-bond acceptors (Lipinski definition) is 4. The van der Waals surface area contributed by atoms with E-state index in [1.54, 1.807) is 18.4 Å². The standard InChI is InChI=1S/C16H18N2O2S.ClH/c1-20-13-4-2-11(3-5-13)15-7-6-14(21-15)10-18-16(19)12-8-17-9-12;/h2-7,12,17H,8-10H2,1H3,(H,18,19);1H. The van der Waals surface area contributed by atoms with Crippen LogP contribution in [0.4, 0.5) is 0 Å². The van der Waals surface area contributed by atoms with Gasteiger partial charge in [0.15, 0.2) is 0 Å². The van der Waals surface area contributed by atoms with Crippen molar-refractivity contribution in [1.82, 2.24) is 10.6 Å². The second-order valence-electron chi connectivity index (χ2n) is 5.07.